The molecule has 0 amide bonds. The average molecular weight is 225 g/mol. The molecule has 0 spiro atoms. The maximum atomic E-state index is 11.1. The van der Waals surface area contributed by atoms with Crippen molar-refractivity contribution in [2.45, 2.75) is 39.2 Å². The Morgan fingerprint density at radius 2 is 2.25 bits per heavy atom. The second-order valence-electron chi connectivity index (χ2n) is 3.71. The van der Waals surface area contributed by atoms with Gasteiger partial charge in [-0.05, 0) is 31.9 Å². The van der Waals surface area contributed by atoms with Gasteiger partial charge in [-0.1, -0.05) is 13.8 Å². The highest BCUT2D eigenvalue weighted by Gasteiger charge is 2.22. The van der Waals surface area contributed by atoms with Gasteiger partial charge < -0.3 is 10.8 Å². The molecule has 5 nitrogen and oxygen atoms in total. The van der Waals surface area contributed by atoms with Crippen molar-refractivity contribution in [3.05, 3.63) is 17.5 Å². The number of nitrogens with zero attached hydrogens (tertiary/aromatic N) is 2. The molecular formula is C11H19N3O2. The summed E-state index contributed by atoms with van der Waals surface area (Å²) in [4.78, 5) is 11.1. The van der Waals surface area contributed by atoms with Gasteiger partial charge in [0, 0.05) is 5.69 Å². The lowest BCUT2D eigenvalue weighted by Gasteiger charge is -2.14. The van der Waals surface area contributed by atoms with E-state index in [1.807, 2.05) is 19.9 Å². The molecule has 1 atom stereocenters. The maximum absolute atomic E-state index is 11.1. The number of nitrogens with two attached hydrogens (primary N) is 1. The van der Waals surface area contributed by atoms with Crippen molar-refractivity contribution in [2.75, 3.05) is 6.54 Å². The molecule has 1 aromatic heterocycles. The molecule has 0 aliphatic carbocycles. The Hall–Kier alpha value is -1.36. The first-order valence-corrected chi connectivity index (χ1v) is 5.64. The highest BCUT2D eigenvalue weighted by Crippen LogP contribution is 2.16. The summed E-state index contributed by atoms with van der Waals surface area (Å²) < 4.78 is 1.61. The van der Waals surface area contributed by atoms with Crippen LogP contribution in [0.4, 0.5) is 0 Å². The van der Waals surface area contributed by atoms with E-state index in [1.165, 1.54) is 0 Å². The lowest BCUT2D eigenvalue weighted by Crippen LogP contribution is -2.24. The minimum atomic E-state index is -0.870. The Morgan fingerprint density at radius 3 is 2.69 bits per heavy atom. The van der Waals surface area contributed by atoms with E-state index in [9.17, 15) is 4.79 Å². The highest BCUT2D eigenvalue weighted by molar-refractivity contribution is 5.71. The second kappa shape index (κ2) is 5.65. The minimum absolute atomic E-state index is 0.349. The minimum Gasteiger partial charge on any atom is -0.480 e. The third-order valence-corrected chi connectivity index (χ3v) is 2.61. The molecule has 5 heteroatoms. The van der Waals surface area contributed by atoms with E-state index in [4.69, 9.17) is 10.8 Å². The van der Waals surface area contributed by atoms with Crippen LogP contribution in [0, 0.1) is 0 Å². The van der Waals surface area contributed by atoms with Crippen LogP contribution >= 0.6 is 0 Å². The Kier molecular flexibility index (Phi) is 4.49. The van der Waals surface area contributed by atoms with Crippen LogP contribution in [0.3, 0.4) is 0 Å². The molecule has 0 bridgehead atoms. The Balaban J connectivity index is 3.06. The van der Waals surface area contributed by atoms with Gasteiger partial charge in [-0.15, -0.1) is 0 Å². The Labute approximate surface area is 95.3 Å². The molecule has 0 aromatic carbocycles. The molecule has 1 aromatic rings. The second-order valence-corrected chi connectivity index (χ2v) is 3.71. The van der Waals surface area contributed by atoms with Crippen LogP contribution in [-0.2, 0) is 17.6 Å². The average Bonchev–Trinajstić information content (AvgIpc) is 2.68. The van der Waals surface area contributed by atoms with Gasteiger partial charge in [-0.3, -0.25) is 4.68 Å². The van der Waals surface area contributed by atoms with E-state index in [-0.39, 0.29) is 0 Å². The standard InChI is InChI=1S/C11H19N3O2/c1-3-8-7-9(4-2)14(13-8)10(5-6-12)11(15)16/h7,10H,3-6,12H2,1-2H3,(H,15,16). The summed E-state index contributed by atoms with van der Waals surface area (Å²) in [5, 5.41) is 13.5. The number of rotatable bonds is 6. The predicted molar refractivity (Wildman–Crippen MR) is 61.3 cm³/mol. The van der Waals surface area contributed by atoms with Crippen LogP contribution in [0.15, 0.2) is 6.07 Å². The van der Waals surface area contributed by atoms with Crippen LogP contribution in [0.25, 0.3) is 0 Å². The van der Waals surface area contributed by atoms with Gasteiger partial charge in [-0.25, -0.2) is 4.79 Å². The Bertz CT molecular complexity index is 360. The first-order valence-electron chi connectivity index (χ1n) is 5.64. The summed E-state index contributed by atoms with van der Waals surface area (Å²) in [7, 11) is 0. The van der Waals surface area contributed by atoms with Crippen molar-refractivity contribution in [3.63, 3.8) is 0 Å². The number of aromatic nitrogens is 2. The number of carboxylic acid groups (broad SMARTS) is 1. The molecule has 0 fully saturated rings. The monoisotopic (exact) mass is 225 g/mol. The number of carbonyl (C=O) groups is 1. The zero-order valence-corrected chi connectivity index (χ0v) is 9.81. The lowest BCUT2D eigenvalue weighted by atomic mass is 10.2. The van der Waals surface area contributed by atoms with Crippen LogP contribution in [0.5, 0.6) is 0 Å². The fourth-order valence-corrected chi connectivity index (χ4v) is 1.70. The van der Waals surface area contributed by atoms with Crippen LogP contribution in [0.2, 0.25) is 0 Å². The highest BCUT2D eigenvalue weighted by atomic mass is 16.4. The van der Waals surface area contributed by atoms with Crippen molar-refractivity contribution in [3.8, 4) is 0 Å². The van der Waals surface area contributed by atoms with Gasteiger partial charge in [0.05, 0.1) is 5.69 Å². The summed E-state index contributed by atoms with van der Waals surface area (Å²) in [6, 6.07) is 1.33. The fourth-order valence-electron chi connectivity index (χ4n) is 1.70. The topological polar surface area (TPSA) is 81.1 Å². The Morgan fingerprint density at radius 1 is 1.56 bits per heavy atom. The van der Waals surface area contributed by atoms with Gasteiger partial charge in [0.1, 0.15) is 0 Å². The van der Waals surface area contributed by atoms with Gasteiger partial charge in [0.25, 0.3) is 0 Å². The van der Waals surface area contributed by atoms with Gasteiger partial charge in [0.2, 0.25) is 0 Å². The molecule has 1 rings (SSSR count). The number of hydrogen-bond donors (Lipinski definition) is 2. The number of aryl methyl sites for hydroxylation is 2. The largest absolute Gasteiger partial charge is 0.480 e. The molecule has 3 N–H and O–H groups in total. The molecule has 0 aliphatic rings. The molecular weight excluding hydrogens is 206 g/mol. The number of aliphatic carboxylic acids is 1. The van der Waals surface area contributed by atoms with Gasteiger partial charge in [-0.2, -0.15) is 5.10 Å². The molecule has 0 saturated carbocycles. The molecule has 1 heterocycles. The van der Waals surface area contributed by atoms with E-state index >= 15 is 0 Å². The summed E-state index contributed by atoms with van der Waals surface area (Å²) in [6.45, 7) is 4.35. The quantitative estimate of drug-likeness (QED) is 0.756. The number of hydrogen-bond acceptors (Lipinski definition) is 3. The molecule has 0 radical (unpaired) electrons. The maximum Gasteiger partial charge on any atom is 0.328 e. The normalized spacial score (nSPS) is 12.7. The SMILES string of the molecule is CCc1cc(CC)n(C(CCN)C(=O)O)n1. The number of carboxylic acids is 1. The van der Waals surface area contributed by atoms with Crippen LogP contribution in [0.1, 0.15) is 37.7 Å². The zero-order chi connectivity index (χ0) is 12.1. The third kappa shape index (κ3) is 2.61. The summed E-state index contributed by atoms with van der Waals surface area (Å²) in [6.07, 6.45) is 2.00. The summed E-state index contributed by atoms with van der Waals surface area (Å²) in [5.41, 5.74) is 7.32. The molecule has 90 valence electrons. The van der Waals surface area contributed by atoms with E-state index in [1.54, 1.807) is 4.68 Å². The smallest absolute Gasteiger partial charge is 0.328 e. The van der Waals surface area contributed by atoms with E-state index in [0.717, 1.165) is 24.2 Å². The van der Waals surface area contributed by atoms with Crippen molar-refractivity contribution >= 4 is 5.97 Å². The van der Waals surface area contributed by atoms with Gasteiger partial charge in [0.15, 0.2) is 6.04 Å². The summed E-state index contributed by atoms with van der Waals surface area (Å²) in [5.74, 6) is -0.870. The zero-order valence-electron chi connectivity index (χ0n) is 9.81. The first-order chi connectivity index (χ1) is 7.63. The lowest BCUT2D eigenvalue weighted by molar-refractivity contribution is -0.141. The molecule has 16 heavy (non-hydrogen) atoms. The van der Waals surface area contributed by atoms with Crippen molar-refractivity contribution < 1.29 is 9.90 Å². The fraction of sp³-hybridized carbons (Fsp3) is 0.636. The molecule has 0 saturated heterocycles. The molecule has 0 aliphatic heterocycles. The van der Waals surface area contributed by atoms with Crippen molar-refractivity contribution in [1.82, 2.24) is 9.78 Å². The van der Waals surface area contributed by atoms with Crippen molar-refractivity contribution in [2.24, 2.45) is 5.73 Å². The van der Waals surface area contributed by atoms with E-state index in [0.29, 0.717) is 13.0 Å². The van der Waals surface area contributed by atoms with E-state index in [2.05, 4.69) is 5.10 Å². The molecule has 1 unspecified atom stereocenters. The van der Waals surface area contributed by atoms with Crippen molar-refractivity contribution in [1.29, 1.82) is 0 Å². The predicted octanol–water partition coefficient (Wildman–Crippen LogP) is 0.982. The summed E-state index contributed by atoms with van der Waals surface area (Å²) >= 11 is 0. The first kappa shape index (κ1) is 12.7. The van der Waals surface area contributed by atoms with Crippen LogP contribution in [-0.4, -0.2) is 27.4 Å². The van der Waals surface area contributed by atoms with Gasteiger partial charge >= 0.3 is 5.97 Å². The third-order valence-electron chi connectivity index (χ3n) is 2.61. The van der Waals surface area contributed by atoms with Crippen LogP contribution < -0.4 is 5.73 Å². The van der Waals surface area contributed by atoms with E-state index < -0.39 is 12.0 Å².